The molecule has 0 fully saturated rings. The number of aromatic nitrogens is 1. The number of thiazole rings is 1. The van der Waals surface area contributed by atoms with Gasteiger partial charge >= 0.3 is 0 Å². The van der Waals surface area contributed by atoms with Gasteiger partial charge in [-0.3, -0.25) is 9.36 Å². The number of hydrogen-bond acceptors (Lipinski definition) is 6. The average molecular weight is 616 g/mol. The quantitative estimate of drug-likeness (QED) is 0.216. The second-order valence-corrected chi connectivity index (χ2v) is 11.9. The summed E-state index contributed by atoms with van der Waals surface area (Å²) in [5, 5.41) is 0.920. The Morgan fingerprint density at radius 3 is 2.60 bits per heavy atom. The molecule has 0 bridgehead atoms. The standard InChI is InChI=1S/C33H24Cl2N2O4S/c1-39-27-13-9-20(16-28(27)40-2)31-23-11-7-18-5-3-4-6-22(18)30(23)36-33-37(31)32(38)29(42-33)17-21-10-14-26(41-21)19-8-12-24(34)25(35)15-19/h3-6,8-10,12-17,31H,7,11H2,1-2H3/b29-17-. The van der Waals surface area contributed by atoms with Gasteiger partial charge in [-0.25, -0.2) is 4.99 Å². The van der Waals surface area contributed by atoms with Crippen LogP contribution in [0.4, 0.5) is 0 Å². The van der Waals surface area contributed by atoms with Crippen LogP contribution in [0.25, 0.3) is 23.1 Å². The molecular weight excluding hydrogens is 591 g/mol. The molecular formula is C33H24Cl2N2O4S. The zero-order chi connectivity index (χ0) is 29.0. The third-order valence-corrected chi connectivity index (χ3v) is 9.42. The smallest absolute Gasteiger partial charge is 0.271 e. The van der Waals surface area contributed by atoms with Crippen LogP contribution in [-0.2, 0) is 6.42 Å². The largest absolute Gasteiger partial charge is 0.493 e. The van der Waals surface area contributed by atoms with Gasteiger partial charge in [0.15, 0.2) is 16.3 Å². The first-order valence-corrected chi connectivity index (χ1v) is 14.9. The van der Waals surface area contributed by atoms with Crippen molar-refractivity contribution >= 4 is 46.3 Å². The Hall–Kier alpha value is -4.04. The molecule has 42 heavy (non-hydrogen) atoms. The topological polar surface area (TPSA) is 66.0 Å². The number of methoxy groups -OCH3 is 2. The summed E-state index contributed by atoms with van der Waals surface area (Å²) in [5.74, 6) is 2.42. The number of furan rings is 1. The number of nitrogens with zero attached hydrogens (tertiary/aromatic N) is 2. The van der Waals surface area contributed by atoms with Crippen LogP contribution in [-0.4, -0.2) is 18.8 Å². The Labute approximate surface area is 255 Å². The van der Waals surface area contributed by atoms with Crippen molar-refractivity contribution in [2.75, 3.05) is 14.2 Å². The van der Waals surface area contributed by atoms with E-state index in [1.807, 2.05) is 42.5 Å². The minimum Gasteiger partial charge on any atom is -0.493 e. The summed E-state index contributed by atoms with van der Waals surface area (Å²) in [5.41, 5.74) is 6.02. The molecule has 3 aromatic carbocycles. The number of halogens is 2. The Morgan fingerprint density at radius 2 is 1.79 bits per heavy atom. The van der Waals surface area contributed by atoms with Crippen LogP contribution in [0.1, 0.15) is 34.9 Å². The summed E-state index contributed by atoms with van der Waals surface area (Å²) in [4.78, 5) is 19.8. The van der Waals surface area contributed by atoms with Gasteiger partial charge in [0, 0.05) is 17.2 Å². The third kappa shape index (κ3) is 4.49. The number of hydrogen-bond donors (Lipinski definition) is 0. The van der Waals surface area contributed by atoms with Crippen LogP contribution in [0.2, 0.25) is 10.0 Å². The molecule has 9 heteroatoms. The highest BCUT2D eigenvalue weighted by Crippen LogP contribution is 2.42. The summed E-state index contributed by atoms with van der Waals surface area (Å²) >= 11 is 13.6. The van der Waals surface area contributed by atoms with Crippen molar-refractivity contribution in [3.8, 4) is 22.8 Å². The fourth-order valence-corrected chi connectivity index (χ4v) is 6.99. The Balaban J connectivity index is 1.40. The Morgan fingerprint density at radius 1 is 0.952 bits per heavy atom. The third-order valence-electron chi connectivity index (χ3n) is 7.70. The fourth-order valence-electron chi connectivity index (χ4n) is 5.71. The van der Waals surface area contributed by atoms with E-state index in [1.54, 1.807) is 37.0 Å². The molecule has 0 radical (unpaired) electrons. The van der Waals surface area contributed by atoms with E-state index in [0.717, 1.165) is 40.8 Å². The second-order valence-electron chi connectivity index (χ2n) is 10.1. The number of ether oxygens (including phenoxy) is 2. The maximum atomic E-state index is 14.1. The molecule has 1 aliphatic carbocycles. The Bertz CT molecular complexity index is 2090. The molecule has 2 aliphatic rings. The average Bonchev–Trinajstić information content (AvgIpc) is 3.61. The normalized spacial score (nSPS) is 16.0. The summed E-state index contributed by atoms with van der Waals surface area (Å²) < 4.78 is 19.5. The monoisotopic (exact) mass is 614 g/mol. The minimum atomic E-state index is -0.338. The van der Waals surface area contributed by atoms with Crippen LogP contribution in [0.5, 0.6) is 11.5 Å². The SMILES string of the molecule is COc1ccc(C2C3=C(N=c4s/c(=C\c5ccc(-c6ccc(Cl)c(Cl)c6)o5)c(=O)n42)c2ccccc2CC3)cc1OC. The van der Waals surface area contributed by atoms with Gasteiger partial charge in [-0.05, 0) is 72.0 Å². The molecule has 1 aliphatic heterocycles. The molecule has 0 saturated carbocycles. The van der Waals surface area contributed by atoms with Crippen molar-refractivity contribution in [3.05, 3.63) is 131 Å². The highest BCUT2D eigenvalue weighted by molar-refractivity contribution is 7.07. The van der Waals surface area contributed by atoms with Gasteiger partial charge in [-0.15, -0.1) is 0 Å². The van der Waals surface area contributed by atoms with E-state index < -0.39 is 0 Å². The highest BCUT2D eigenvalue weighted by Gasteiger charge is 2.33. The summed E-state index contributed by atoms with van der Waals surface area (Å²) in [6, 6.07) is 22.9. The Kier molecular flexibility index (Phi) is 6.81. The van der Waals surface area contributed by atoms with Gasteiger partial charge in [-0.2, -0.15) is 0 Å². The maximum Gasteiger partial charge on any atom is 0.271 e. The van der Waals surface area contributed by atoms with Crippen LogP contribution in [0.15, 0.2) is 92.6 Å². The minimum absolute atomic E-state index is 0.128. The summed E-state index contributed by atoms with van der Waals surface area (Å²) in [6.07, 6.45) is 3.44. The molecule has 210 valence electrons. The van der Waals surface area contributed by atoms with Gasteiger partial charge in [-0.1, -0.05) is 64.9 Å². The predicted octanol–water partition coefficient (Wildman–Crippen LogP) is 6.90. The van der Waals surface area contributed by atoms with Crippen molar-refractivity contribution in [1.82, 2.24) is 4.57 Å². The maximum absolute atomic E-state index is 14.1. The summed E-state index contributed by atoms with van der Waals surface area (Å²) in [7, 11) is 3.23. The van der Waals surface area contributed by atoms with Gasteiger partial charge in [0.25, 0.3) is 5.56 Å². The number of allylic oxidation sites excluding steroid dienone is 1. The molecule has 1 atom stereocenters. The van der Waals surface area contributed by atoms with Gasteiger partial charge in [0.2, 0.25) is 0 Å². The first kappa shape index (κ1) is 26.8. The molecule has 2 aromatic heterocycles. The molecule has 0 amide bonds. The lowest BCUT2D eigenvalue weighted by atomic mass is 9.83. The first-order chi connectivity index (χ1) is 20.4. The number of fused-ring (bicyclic) bond motifs is 3. The van der Waals surface area contributed by atoms with E-state index in [0.29, 0.717) is 42.4 Å². The van der Waals surface area contributed by atoms with E-state index in [-0.39, 0.29) is 11.6 Å². The fraction of sp³-hybridized carbons (Fsp3) is 0.152. The van der Waals surface area contributed by atoms with Crippen LogP contribution >= 0.6 is 34.5 Å². The van der Waals surface area contributed by atoms with Crippen molar-refractivity contribution in [2.45, 2.75) is 18.9 Å². The van der Waals surface area contributed by atoms with Crippen LogP contribution < -0.4 is 24.4 Å². The van der Waals surface area contributed by atoms with E-state index in [4.69, 9.17) is 42.1 Å². The van der Waals surface area contributed by atoms with Crippen molar-refractivity contribution in [3.63, 3.8) is 0 Å². The summed E-state index contributed by atoms with van der Waals surface area (Å²) in [6.45, 7) is 0. The van der Waals surface area contributed by atoms with E-state index in [1.165, 1.54) is 16.9 Å². The van der Waals surface area contributed by atoms with Crippen LogP contribution in [0.3, 0.4) is 0 Å². The van der Waals surface area contributed by atoms with E-state index in [9.17, 15) is 4.79 Å². The molecule has 6 nitrogen and oxygen atoms in total. The van der Waals surface area contributed by atoms with Gasteiger partial charge < -0.3 is 13.9 Å². The molecule has 0 saturated heterocycles. The lowest BCUT2D eigenvalue weighted by Gasteiger charge is -2.31. The highest BCUT2D eigenvalue weighted by atomic mass is 35.5. The number of benzene rings is 3. The molecule has 5 aromatic rings. The number of aryl methyl sites for hydroxylation is 1. The van der Waals surface area contributed by atoms with E-state index in [2.05, 4.69) is 18.2 Å². The first-order valence-electron chi connectivity index (χ1n) is 13.4. The van der Waals surface area contributed by atoms with Crippen molar-refractivity contribution in [2.24, 2.45) is 4.99 Å². The van der Waals surface area contributed by atoms with Gasteiger partial charge in [0.05, 0.1) is 40.5 Å². The van der Waals surface area contributed by atoms with Gasteiger partial charge in [0.1, 0.15) is 11.5 Å². The molecule has 1 unspecified atom stereocenters. The lowest BCUT2D eigenvalue weighted by molar-refractivity contribution is 0.354. The van der Waals surface area contributed by atoms with Crippen molar-refractivity contribution < 1.29 is 13.9 Å². The lowest BCUT2D eigenvalue weighted by Crippen LogP contribution is -2.38. The van der Waals surface area contributed by atoms with Crippen molar-refractivity contribution in [1.29, 1.82) is 0 Å². The molecule has 7 rings (SSSR count). The zero-order valence-corrected chi connectivity index (χ0v) is 25.0. The number of rotatable bonds is 5. The van der Waals surface area contributed by atoms with Crippen LogP contribution in [0, 0.1) is 0 Å². The molecule has 3 heterocycles. The second kappa shape index (κ2) is 10.7. The van der Waals surface area contributed by atoms with E-state index >= 15 is 0 Å². The molecule has 0 N–H and O–H groups in total. The molecule has 0 spiro atoms. The zero-order valence-electron chi connectivity index (χ0n) is 22.7. The predicted molar refractivity (Wildman–Crippen MR) is 166 cm³/mol.